The van der Waals surface area contributed by atoms with E-state index in [1.807, 2.05) is 0 Å². The van der Waals surface area contributed by atoms with Gasteiger partial charge >= 0.3 is 0 Å². The van der Waals surface area contributed by atoms with E-state index in [-0.39, 0.29) is 17.4 Å². The van der Waals surface area contributed by atoms with Crippen molar-refractivity contribution in [2.24, 2.45) is 5.92 Å². The molecule has 2 amide bonds. The van der Waals surface area contributed by atoms with Crippen LogP contribution in [-0.2, 0) is 0 Å². The number of carbonyl (C=O) groups is 2. The molecular formula is C15H14N2O4. The number of furan rings is 2. The van der Waals surface area contributed by atoms with Gasteiger partial charge < -0.3 is 19.1 Å². The van der Waals surface area contributed by atoms with Crippen molar-refractivity contribution in [1.82, 2.24) is 10.2 Å². The minimum atomic E-state index is -0.281. The molecule has 1 saturated heterocycles. The van der Waals surface area contributed by atoms with E-state index < -0.39 is 0 Å². The fourth-order valence-corrected chi connectivity index (χ4v) is 3.08. The summed E-state index contributed by atoms with van der Waals surface area (Å²) in [7, 11) is 0. The third-order valence-corrected chi connectivity index (χ3v) is 4.31. The molecule has 1 saturated carbocycles. The molecule has 0 spiro atoms. The van der Waals surface area contributed by atoms with Gasteiger partial charge in [0, 0.05) is 19.0 Å². The SMILES string of the molecule is O=C(N[C@]12C[C@@H]1CN(C(=O)c1ccco1)C2)c1ccoc1. The van der Waals surface area contributed by atoms with Crippen LogP contribution in [0.1, 0.15) is 27.3 Å². The molecule has 2 atom stereocenters. The van der Waals surface area contributed by atoms with E-state index in [0.717, 1.165) is 6.42 Å². The van der Waals surface area contributed by atoms with Crippen LogP contribution in [0.5, 0.6) is 0 Å². The second kappa shape index (κ2) is 4.25. The van der Waals surface area contributed by atoms with Crippen molar-refractivity contribution in [2.45, 2.75) is 12.0 Å². The molecule has 108 valence electrons. The molecule has 6 nitrogen and oxygen atoms in total. The van der Waals surface area contributed by atoms with Crippen molar-refractivity contribution in [3.8, 4) is 0 Å². The molecule has 0 radical (unpaired) electrons. The highest BCUT2D eigenvalue weighted by Gasteiger charge is 2.62. The maximum atomic E-state index is 12.2. The zero-order valence-electron chi connectivity index (χ0n) is 11.2. The summed E-state index contributed by atoms with van der Waals surface area (Å²) < 4.78 is 10.1. The Kier molecular flexibility index (Phi) is 2.48. The lowest BCUT2D eigenvalue weighted by molar-refractivity contribution is 0.0730. The number of rotatable bonds is 3. The summed E-state index contributed by atoms with van der Waals surface area (Å²) in [6.07, 6.45) is 5.29. The van der Waals surface area contributed by atoms with Crippen molar-refractivity contribution in [3.05, 3.63) is 48.3 Å². The highest BCUT2D eigenvalue weighted by atomic mass is 16.3. The van der Waals surface area contributed by atoms with Gasteiger partial charge in [-0.1, -0.05) is 0 Å². The van der Waals surface area contributed by atoms with Crippen LogP contribution in [0.15, 0.2) is 45.8 Å². The maximum Gasteiger partial charge on any atom is 0.289 e. The number of hydrogen-bond acceptors (Lipinski definition) is 4. The molecule has 1 aliphatic heterocycles. The van der Waals surface area contributed by atoms with Crippen LogP contribution in [0.3, 0.4) is 0 Å². The molecule has 1 N–H and O–H groups in total. The number of fused-ring (bicyclic) bond motifs is 1. The molecule has 2 aliphatic rings. The Hall–Kier alpha value is -2.50. The second-order valence-electron chi connectivity index (χ2n) is 5.69. The first kappa shape index (κ1) is 12.3. The maximum absolute atomic E-state index is 12.2. The zero-order chi connectivity index (χ0) is 14.4. The van der Waals surface area contributed by atoms with E-state index >= 15 is 0 Å². The molecule has 1 aliphatic carbocycles. The predicted molar refractivity (Wildman–Crippen MR) is 71.6 cm³/mol. The fourth-order valence-electron chi connectivity index (χ4n) is 3.08. The molecule has 0 bridgehead atoms. The fraction of sp³-hybridized carbons (Fsp3) is 0.333. The summed E-state index contributed by atoms with van der Waals surface area (Å²) in [6.45, 7) is 1.19. The third kappa shape index (κ3) is 1.94. The Bertz CT molecular complexity index is 677. The predicted octanol–water partition coefficient (Wildman–Crippen LogP) is 1.52. The topological polar surface area (TPSA) is 75.7 Å². The Morgan fingerprint density at radius 1 is 1.33 bits per heavy atom. The number of carbonyl (C=O) groups excluding carboxylic acids is 2. The van der Waals surface area contributed by atoms with Crippen molar-refractivity contribution in [1.29, 1.82) is 0 Å². The zero-order valence-corrected chi connectivity index (χ0v) is 11.2. The first-order chi connectivity index (χ1) is 10.2. The monoisotopic (exact) mass is 286 g/mol. The van der Waals surface area contributed by atoms with Crippen LogP contribution in [-0.4, -0.2) is 35.3 Å². The van der Waals surface area contributed by atoms with E-state index in [1.54, 1.807) is 23.1 Å². The van der Waals surface area contributed by atoms with Crippen molar-refractivity contribution < 1.29 is 18.4 Å². The molecular weight excluding hydrogens is 272 g/mol. The van der Waals surface area contributed by atoms with Gasteiger partial charge in [-0.15, -0.1) is 0 Å². The molecule has 0 aromatic carbocycles. The molecule has 21 heavy (non-hydrogen) atoms. The number of likely N-dealkylation sites (tertiary alicyclic amines) is 1. The summed E-state index contributed by atoms with van der Waals surface area (Å²) in [5, 5.41) is 3.04. The molecule has 3 heterocycles. The normalized spacial score (nSPS) is 26.5. The van der Waals surface area contributed by atoms with Gasteiger partial charge in [0.2, 0.25) is 0 Å². The quantitative estimate of drug-likeness (QED) is 0.928. The second-order valence-corrected chi connectivity index (χ2v) is 5.69. The van der Waals surface area contributed by atoms with Crippen molar-refractivity contribution in [2.75, 3.05) is 13.1 Å². The van der Waals surface area contributed by atoms with Gasteiger partial charge in [-0.3, -0.25) is 9.59 Å². The summed E-state index contributed by atoms with van der Waals surface area (Å²) in [6, 6.07) is 4.98. The van der Waals surface area contributed by atoms with Gasteiger partial charge in [0.05, 0.1) is 23.6 Å². The Balaban J connectivity index is 1.45. The minimum Gasteiger partial charge on any atom is -0.472 e. The summed E-state index contributed by atoms with van der Waals surface area (Å²) in [4.78, 5) is 26.1. The van der Waals surface area contributed by atoms with Gasteiger partial charge in [0.25, 0.3) is 11.8 Å². The van der Waals surface area contributed by atoms with Gasteiger partial charge in [0.1, 0.15) is 6.26 Å². The Morgan fingerprint density at radius 2 is 2.24 bits per heavy atom. The van der Waals surface area contributed by atoms with Crippen LogP contribution in [0, 0.1) is 5.92 Å². The average Bonchev–Trinajstić information content (AvgIpc) is 3.04. The molecule has 2 aromatic rings. The van der Waals surface area contributed by atoms with E-state index in [4.69, 9.17) is 8.83 Å². The first-order valence-electron chi connectivity index (χ1n) is 6.85. The molecule has 4 rings (SSSR count). The summed E-state index contributed by atoms with van der Waals surface area (Å²) in [5.41, 5.74) is 0.224. The number of amides is 2. The Morgan fingerprint density at radius 3 is 2.95 bits per heavy atom. The lowest BCUT2D eigenvalue weighted by Crippen LogP contribution is -2.43. The smallest absolute Gasteiger partial charge is 0.289 e. The van der Waals surface area contributed by atoms with Crippen molar-refractivity contribution >= 4 is 11.8 Å². The largest absolute Gasteiger partial charge is 0.472 e. The third-order valence-electron chi connectivity index (χ3n) is 4.31. The van der Waals surface area contributed by atoms with Crippen LogP contribution < -0.4 is 5.32 Å². The number of nitrogens with zero attached hydrogens (tertiary/aromatic N) is 1. The van der Waals surface area contributed by atoms with E-state index in [0.29, 0.717) is 30.3 Å². The summed E-state index contributed by atoms with van der Waals surface area (Å²) >= 11 is 0. The molecule has 2 fully saturated rings. The minimum absolute atomic E-state index is 0.121. The first-order valence-corrected chi connectivity index (χ1v) is 6.85. The van der Waals surface area contributed by atoms with Gasteiger partial charge in [-0.2, -0.15) is 0 Å². The van der Waals surface area contributed by atoms with Crippen LogP contribution in [0.25, 0.3) is 0 Å². The average molecular weight is 286 g/mol. The number of hydrogen-bond donors (Lipinski definition) is 1. The van der Waals surface area contributed by atoms with Gasteiger partial charge in [-0.25, -0.2) is 0 Å². The molecule has 6 heteroatoms. The van der Waals surface area contributed by atoms with Crippen LogP contribution in [0.4, 0.5) is 0 Å². The lowest BCUT2D eigenvalue weighted by atomic mass is 10.2. The van der Waals surface area contributed by atoms with Crippen LogP contribution >= 0.6 is 0 Å². The molecule has 2 aromatic heterocycles. The number of piperidine rings is 1. The standard InChI is InChI=1S/C15H14N2O4/c18-13(10-3-5-20-8-10)16-15-6-11(15)7-17(9-15)14(19)12-2-1-4-21-12/h1-5,8,11H,6-7,9H2,(H,16,18)/t11-,15+/m1/s1. The Labute approximate surface area is 120 Å². The van der Waals surface area contributed by atoms with E-state index in [1.165, 1.54) is 18.8 Å². The van der Waals surface area contributed by atoms with E-state index in [9.17, 15) is 9.59 Å². The van der Waals surface area contributed by atoms with Gasteiger partial charge in [-0.05, 0) is 24.6 Å². The molecule has 0 unspecified atom stereocenters. The highest BCUT2D eigenvalue weighted by molar-refractivity contribution is 5.95. The lowest BCUT2D eigenvalue weighted by Gasteiger charge is -2.20. The van der Waals surface area contributed by atoms with E-state index in [2.05, 4.69) is 5.32 Å². The van der Waals surface area contributed by atoms with Gasteiger partial charge in [0.15, 0.2) is 5.76 Å². The highest BCUT2D eigenvalue weighted by Crippen LogP contribution is 2.49. The summed E-state index contributed by atoms with van der Waals surface area (Å²) in [5.74, 6) is 0.391. The van der Waals surface area contributed by atoms with Crippen LogP contribution in [0.2, 0.25) is 0 Å². The van der Waals surface area contributed by atoms with Crippen molar-refractivity contribution in [3.63, 3.8) is 0 Å². The number of nitrogens with one attached hydrogen (secondary N) is 1.